The maximum Gasteiger partial charge on any atom is 0.149 e. The highest BCUT2D eigenvalue weighted by molar-refractivity contribution is 14.1. The second-order valence-electron chi connectivity index (χ2n) is 3.36. The molecule has 0 saturated carbocycles. The van der Waals surface area contributed by atoms with Crippen molar-refractivity contribution in [1.82, 2.24) is 9.97 Å². The zero-order valence-electron chi connectivity index (χ0n) is 8.44. The largest absolute Gasteiger partial charge is 0.366 e. The Balaban J connectivity index is 2.67. The summed E-state index contributed by atoms with van der Waals surface area (Å²) >= 11 is 2.09. The zero-order chi connectivity index (χ0) is 11.5. The van der Waals surface area contributed by atoms with Crippen LogP contribution in [0.25, 0.3) is 0 Å². The van der Waals surface area contributed by atoms with Crippen molar-refractivity contribution in [2.24, 2.45) is 0 Å². The van der Waals surface area contributed by atoms with Gasteiger partial charge in [-0.15, -0.1) is 0 Å². The van der Waals surface area contributed by atoms with Crippen molar-refractivity contribution in [3.8, 4) is 0 Å². The Kier molecular flexibility index (Phi) is 4.26. The van der Waals surface area contributed by atoms with Gasteiger partial charge in [0.1, 0.15) is 22.0 Å². The summed E-state index contributed by atoms with van der Waals surface area (Å²) in [5.74, 6) is 0.759. The monoisotopic (exact) mass is 341 g/mol. The first-order chi connectivity index (χ1) is 6.88. The highest BCUT2D eigenvalue weighted by Crippen LogP contribution is 2.13. The van der Waals surface area contributed by atoms with Gasteiger partial charge in [0.15, 0.2) is 0 Å². The van der Waals surface area contributed by atoms with Crippen LogP contribution in [0.5, 0.6) is 0 Å². The van der Waals surface area contributed by atoms with Gasteiger partial charge in [0.25, 0.3) is 0 Å². The van der Waals surface area contributed by atoms with Gasteiger partial charge in [-0.3, -0.25) is 0 Å². The predicted octanol–water partition coefficient (Wildman–Crippen LogP) is 0.926. The summed E-state index contributed by atoms with van der Waals surface area (Å²) in [6.45, 7) is 1.80. The molecule has 0 saturated heterocycles. The summed E-state index contributed by atoms with van der Waals surface area (Å²) in [4.78, 5) is 7.87. The fourth-order valence-electron chi connectivity index (χ4n) is 1.15. The lowest BCUT2D eigenvalue weighted by molar-refractivity contribution is 0.598. The molecule has 1 heterocycles. The molecule has 0 amide bonds. The van der Waals surface area contributed by atoms with Crippen molar-refractivity contribution < 1.29 is 8.42 Å². The Hall–Kier alpha value is -0.440. The number of aromatic nitrogens is 2. The lowest BCUT2D eigenvalue weighted by Gasteiger charge is -2.13. The molecule has 0 radical (unpaired) electrons. The first-order valence-corrected chi connectivity index (χ1v) is 7.42. The van der Waals surface area contributed by atoms with E-state index in [0.717, 1.165) is 3.57 Å². The predicted molar refractivity (Wildman–Crippen MR) is 67.5 cm³/mol. The van der Waals surface area contributed by atoms with Crippen molar-refractivity contribution in [2.45, 2.75) is 13.0 Å². The second-order valence-corrected chi connectivity index (χ2v) is 6.70. The van der Waals surface area contributed by atoms with Crippen LogP contribution in [0.3, 0.4) is 0 Å². The van der Waals surface area contributed by atoms with E-state index >= 15 is 0 Å². The number of rotatable bonds is 4. The van der Waals surface area contributed by atoms with Gasteiger partial charge >= 0.3 is 0 Å². The standard InChI is InChI=1S/C8H12IN3O2S/c1-6(4-15(2,13)14)12-8-7(9)3-10-5-11-8/h3,5-6H,4H2,1-2H3,(H,10,11,12). The summed E-state index contributed by atoms with van der Waals surface area (Å²) in [5.41, 5.74) is 0. The van der Waals surface area contributed by atoms with Crippen LogP contribution in [0.1, 0.15) is 6.92 Å². The number of halogens is 1. The number of nitrogens with zero attached hydrogens (tertiary/aromatic N) is 2. The first kappa shape index (κ1) is 12.6. The smallest absolute Gasteiger partial charge is 0.149 e. The van der Waals surface area contributed by atoms with E-state index in [1.54, 1.807) is 13.1 Å². The topological polar surface area (TPSA) is 72.0 Å². The molecular formula is C8H12IN3O2S. The van der Waals surface area contributed by atoms with Crippen molar-refractivity contribution in [2.75, 3.05) is 17.3 Å². The van der Waals surface area contributed by atoms with Gasteiger partial charge in [0.05, 0.1) is 9.32 Å². The van der Waals surface area contributed by atoms with Crippen LogP contribution in [0.4, 0.5) is 5.82 Å². The minimum atomic E-state index is -2.96. The van der Waals surface area contributed by atoms with Crippen LogP contribution in [0.2, 0.25) is 0 Å². The number of hydrogen-bond acceptors (Lipinski definition) is 5. The molecule has 1 rings (SSSR count). The number of sulfone groups is 1. The zero-order valence-corrected chi connectivity index (χ0v) is 11.4. The van der Waals surface area contributed by atoms with Gasteiger partial charge in [-0.1, -0.05) is 0 Å². The van der Waals surface area contributed by atoms with Gasteiger partial charge < -0.3 is 5.32 Å². The van der Waals surface area contributed by atoms with Crippen LogP contribution in [0, 0.1) is 3.57 Å². The average molecular weight is 341 g/mol. The van der Waals surface area contributed by atoms with Crippen molar-refractivity contribution >= 4 is 38.2 Å². The van der Waals surface area contributed by atoms with Crippen LogP contribution in [-0.4, -0.2) is 36.4 Å². The van der Waals surface area contributed by atoms with Crippen LogP contribution in [0.15, 0.2) is 12.5 Å². The van der Waals surface area contributed by atoms with E-state index in [0.29, 0.717) is 5.82 Å². The molecule has 0 fully saturated rings. The molecule has 0 aromatic carbocycles. The molecule has 1 aromatic rings. The summed E-state index contributed by atoms with van der Waals surface area (Å²) in [6, 6.07) is -0.164. The molecule has 5 nitrogen and oxygen atoms in total. The molecular weight excluding hydrogens is 329 g/mol. The van der Waals surface area contributed by atoms with Crippen LogP contribution in [-0.2, 0) is 9.84 Å². The van der Waals surface area contributed by atoms with Gasteiger partial charge in [0.2, 0.25) is 0 Å². The molecule has 1 unspecified atom stereocenters. The molecule has 0 aliphatic carbocycles. The van der Waals surface area contributed by atoms with E-state index < -0.39 is 9.84 Å². The quantitative estimate of drug-likeness (QED) is 0.825. The van der Waals surface area contributed by atoms with E-state index in [-0.39, 0.29) is 11.8 Å². The molecule has 7 heteroatoms. The highest BCUT2D eigenvalue weighted by atomic mass is 127. The minimum Gasteiger partial charge on any atom is -0.366 e. The SMILES string of the molecule is CC(CS(C)(=O)=O)Nc1ncncc1I. The Labute approximate surface area is 103 Å². The third-order valence-electron chi connectivity index (χ3n) is 1.60. The Morgan fingerprint density at radius 3 is 2.80 bits per heavy atom. The summed E-state index contributed by atoms with van der Waals surface area (Å²) in [7, 11) is -2.96. The first-order valence-electron chi connectivity index (χ1n) is 4.28. The molecule has 1 N–H and O–H groups in total. The molecule has 84 valence electrons. The summed E-state index contributed by atoms with van der Waals surface area (Å²) in [6.07, 6.45) is 4.32. The van der Waals surface area contributed by atoms with Gasteiger partial charge in [0, 0.05) is 18.5 Å². The lowest BCUT2D eigenvalue weighted by atomic mass is 10.4. The fraction of sp³-hybridized carbons (Fsp3) is 0.500. The molecule has 1 atom stereocenters. The Morgan fingerprint density at radius 2 is 2.27 bits per heavy atom. The van der Waals surface area contributed by atoms with E-state index in [1.807, 2.05) is 0 Å². The van der Waals surface area contributed by atoms with Gasteiger partial charge in [-0.2, -0.15) is 0 Å². The van der Waals surface area contributed by atoms with Crippen LogP contribution < -0.4 is 5.32 Å². The second kappa shape index (κ2) is 5.06. The molecule has 1 aromatic heterocycles. The third-order valence-corrected chi connectivity index (χ3v) is 3.50. The minimum absolute atomic E-state index is 0.0904. The normalized spacial score (nSPS) is 13.5. The van der Waals surface area contributed by atoms with E-state index in [4.69, 9.17) is 0 Å². The van der Waals surface area contributed by atoms with Crippen molar-refractivity contribution in [1.29, 1.82) is 0 Å². The molecule has 0 spiro atoms. The van der Waals surface area contributed by atoms with Gasteiger partial charge in [-0.05, 0) is 29.5 Å². The van der Waals surface area contributed by atoms with E-state index in [2.05, 4.69) is 37.9 Å². The lowest BCUT2D eigenvalue weighted by Crippen LogP contribution is -2.25. The number of nitrogens with one attached hydrogen (secondary N) is 1. The maximum atomic E-state index is 11.0. The van der Waals surface area contributed by atoms with Crippen molar-refractivity contribution in [3.05, 3.63) is 16.1 Å². The summed E-state index contributed by atoms with van der Waals surface area (Å²) in [5, 5.41) is 3.03. The average Bonchev–Trinajstić information content (AvgIpc) is 2.05. The molecule has 15 heavy (non-hydrogen) atoms. The summed E-state index contributed by atoms with van der Waals surface area (Å²) < 4.78 is 23.0. The molecule has 0 aliphatic heterocycles. The Bertz CT molecular complexity index is 435. The molecule has 0 aliphatic rings. The fourth-order valence-corrected chi connectivity index (χ4v) is 2.60. The van der Waals surface area contributed by atoms with Crippen molar-refractivity contribution in [3.63, 3.8) is 0 Å². The maximum absolute atomic E-state index is 11.0. The van der Waals surface area contributed by atoms with E-state index in [1.165, 1.54) is 12.6 Å². The van der Waals surface area contributed by atoms with Crippen LogP contribution >= 0.6 is 22.6 Å². The number of hydrogen-bond donors (Lipinski definition) is 1. The van der Waals surface area contributed by atoms with Gasteiger partial charge in [-0.25, -0.2) is 18.4 Å². The third kappa shape index (κ3) is 4.74. The Morgan fingerprint density at radius 1 is 1.60 bits per heavy atom. The molecule has 0 bridgehead atoms. The number of anilines is 1. The highest BCUT2D eigenvalue weighted by Gasteiger charge is 2.11. The van der Waals surface area contributed by atoms with E-state index in [9.17, 15) is 8.42 Å².